The zero-order valence-corrected chi connectivity index (χ0v) is 16.8. The first-order chi connectivity index (χ1) is 13.5. The molecule has 0 aliphatic heterocycles. The first-order valence-electron chi connectivity index (χ1n) is 8.19. The number of halogens is 2. The monoisotopic (exact) mass is 456 g/mol. The lowest BCUT2D eigenvalue weighted by atomic mass is 10.2. The maximum absolute atomic E-state index is 12.1. The van der Waals surface area contributed by atoms with Crippen LogP contribution >= 0.6 is 27.5 Å². The van der Waals surface area contributed by atoms with Gasteiger partial charge in [0.2, 0.25) is 0 Å². The zero-order chi connectivity index (χ0) is 19.9. The molecule has 0 aliphatic rings. The third-order valence-electron chi connectivity index (χ3n) is 3.67. The van der Waals surface area contributed by atoms with E-state index in [2.05, 4.69) is 26.5 Å². The molecule has 0 fully saturated rings. The molecular weight excluding hydrogens is 444 g/mol. The fraction of sp³-hybridized carbons (Fsp3) is 0. The minimum Gasteiger partial charge on any atom is -0.423 e. The minimum atomic E-state index is -0.473. The first kappa shape index (κ1) is 19.8. The van der Waals surface area contributed by atoms with Crippen LogP contribution in [0, 0.1) is 0 Å². The molecule has 140 valence electrons. The summed E-state index contributed by atoms with van der Waals surface area (Å²) in [6.07, 6.45) is 1.50. The Bertz CT molecular complexity index is 1020. The van der Waals surface area contributed by atoms with Crippen molar-refractivity contribution in [3.8, 4) is 5.75 Å². The average Bonchev–Trinajstić information content (AvgIpc) is 2.70. The van der Waals surface area contributed by atoms with Crippen molar-refractivity contribution < 1.29 is 14.3 Å². The topological polar surface area (TPSA) is 67.8 Å². The number of nitrogens with one attached hydrogen (secondary N) is 1. The second kappa shape index (κ2) is 9.30. The molecular formula is C21H14BrClN2O3. The lowest BCUT2D eigenvalue weighted by molar-refractivity contribution is 0.0734. The highest BCUT2D eigenvalue weighted by molar-refractivity contribution is 9.10. The largest absolute Gasteiger partial charge is 0.423 e. The molecule has 1 N–H and O–H groups in total. The third-order valence-corrected chi connectivity index (χ3v) is 4.61. The number of rotatable bonds is 5. The van der Waals surface area contributed by atoms with Gasteiger partial charge in [-0.3, -0.25) is 4.79 Å². The smallest absolute Gasteiger partial charge is 0.343 e. The minimum absolute atomic E-state index is 0.322. The molecule has 0 spiro atoms. The van der Waals surface area contributed by atoms with Crippen molar-refractivity contribution in [2.75, 3.05) is 0 Å². The number of hydrazone groups is 1. The fourth-order valence-electron chi connectivity index (χ4n) is 2.24. The van der Waals surface area contributed by atoms with Gasteiger partial charge in [0.1, 0.15) is 5.75 Å². The molecule has 0 saturated heterocycles. The van der Waals surface area contributed by atoms with E-state index in [0.29, 0.717) is 26.4 Å². The normalized spacial score (nSPS) is 10.6. The lowest BCUT2D eigenvalue weighted by Crippen LogP contribution is -2.18. The van der Waals surface area contributed by atoms with Crippen molar-refractivity contribution in [2.24, 2.45) is 5.10 Å². The predicted molar refractivity (Wildman–Crippen MR) is 112 cm³/mol. The fourth-order valence-corrected chi connectivity index (χ4v) is 2.84. The van der Waals surface area contributed by atoms with Crippen molar-refractivity contribution in [3.63, 3.8) is 0 Å². The van der Waals surface area contributed by atoms with Gasteiger partial charge >= 0.3 is 5.97 Å². The lowest BCUT2D eigenvalue weighted by Gasteiger charge is -2.05. The Morgan fingerprint density at radius 1 is 0.964 bits per heavy atom. The second-order valence-electron chi connectivity index (χ2n) is 5.64. The highest BCUT2D eigenvalue weighted by Gasteiger charge is 2.09. The van der Waals surface area contributed by atoms with Crippen LogP contribution < -0.4 is 10.2 Å². The molecule has 5 nitrogen and oxygen atoms in total. The summed E-state index contributed by atoms with van der Waals surface area (Å²) in [6.45, 7) is 0. The molecule has 28 heavy (non-hydrogen) atoms. The van der Waals surface area contributed by atoms with Gasteiger partial charge in [-0.2, -0.15) is 5.10 Å². The van der Waals surface area contributed by atoms with Crippen LogP contribution in [0.2, 0.25) is 5.02 Å². The SMILES string of the molecule is O=C(Oc1ccc(/C=N/NC(=O)c2ccccc2Br)cc1)c1ccc(Cl)cc1. The molecule has 7 heteroatoms. The van der Waals surface area contributed by atoms with Crippen molar-refractivity contribution in [2.45, 2.75) is 0 Å². The second-order valence-corrected chi connectivity index (χ2v) is 6.94. The summed E-state index contributed by atoms with van der Waals surface area (Å²) in [6, 6.07) is 20.2. The van der Waals surface area contributed by atoms with Crippen LogP contribution in [0.25, 0.3) is 0 Å². The number of amides is 1. The molecule has 0 aliphatic carbocycles. The molecule has 3 aromatic carbocycles. The highest BCUT2D eigenvalue weighted by Crippen LogP contribution is 2.16. The number of ether oxygens (including phenoxy) is 1. The summed E-state index contributed by atoms with van der Waals surface area (Å²) in [5, 5.41) is 4.49. The number of carbonyl (C=O) groups is 2. The number of esters is 1. The van der Waals surface area contributed by atoms with E-state index < -0.39 is 5.97 Å². The molecule has 3 aromatic rings. The number of hydrogen-bond donors (Lipinski definition) is 1. The van der Waals surface area contributed by atoms with Gasteiger partial charge in [-0.05, 0) is 82.2 Å². The molecule has 0 unspecified atom stereocenters. The number of nitrogens with zero attached hydrogens (tertiary/aromatic N) is 1. The van der Waals surface area contributed by atoms with Crippen molar-refractivity contribution in [1.82, 2.24) is 5.43 Å². The van der Waals surface area contributed by atoms with Gasteiger partial charge < -0.3 is 4.74 Å². The summed E-state index contributed by atoms with van der Waals surface area (Å²) in [7, 11) is 0. The number of benzene rings is 3. The van der Waals surface area contributed by atoms with E-state index in [9.17, 15) is 9.59 Å². The van der Waals surface area contributed by atoms with E-state index in [0.717, 1.165) is 5.56 Å². The standard InChI is InChI=1S/C21H14BrClN2O3/c22-19-4-2-1-3-18(19)20(26)25-24-13-14-5-11-17(12-6-14)28-21(27)15-7-9-16(23)10-8-15/h1-13H,(H,25,26)/b24-13+. The third kappa shape index (κ3) is 5.28. The van der Waals surface area contributed by atoms with Crippen LogP contribution in [-0.2, 0) is 0 Å². The molecule has 1 amide bonds. The van der Waals surface area contributed by atoms with Gasteiger partial charge in [-0.15, -0.1) is 0 Å². The summed E-state index contributed by atoms with van der Waals surface area (Å²) < 4.78 is 6.00. The van der Waals surface area contributed by atoms with Crippen LogP contribution in [0.3, 0.4) is 0 Å². The molecule has 0 atom stereocenters. The maximum atomic E-state index is 12.1. The van der Waals surface area contributed by atoms with Crippen LogP contribution in [0.5, 0.6) is 5.75 Å². The van der Waals surface area contributed by atoms with Gasteiger partial charge in [0.15, 0.2) is 0 Å². The molecule has 3 rings (SSSR count). The van der Waals surface area contributed by atoms with E-state index in [1.165, 1.54) is 6.21 Å². The quantitative estimate of drug-likeness (QED) is 0.251. The molecule has 0 radical (unpaired) electrons. The summed E-state index contributed by atoms with van der Waals surface area (Å²) in [4.78, 5) is 24.1. The van der Waals surface area contributed by atoms with Crippen molar-refractivity contribution in [3.05, 3.63) is 99.0 Å². The van der Waals surface area contributed by atoms with E-state index in [1.807, 2.05) is 6.07 Å². The van der Waals surface area contributed by atoms with Gasteiger partial charge in [-0.25, -0.2) is 10.2 Å². The Kier molecular flexibility index (Phi) is 6.57. The van der Waals surface area contributed by atoms with E-state index in [-0.39, 0.29) is 5.91 Å². The van der Waals surface area contributed by atoms with Crippen molar-refractivity contribution >= 4 is 45.6 Å². The van der Waals surface area contributed by atoms with Gasteiger partial charge in [0, 0.05) is 9.50 Å². The van der Waals surface area contributed by atoms with Gasteiger partial charge in [0.05, 0.1) is 17.3 Å². The van der Waals surface area contributed by atoms with Crippen LogP contribution in [0.1, 0.15) is 26.3 Å². The van der Waals surface area contributed by atoms with E-state index in [4.69, 9.17) is 16.3 Å². The van der Waals surface area contributed by atoms with E-state index >= 15 is 0 Å². The maximum Gasteiger partial charge on any atom is 0.343 e. The summed E-state index contributed by atoms with van der Waals surface area (Å²) in [5.41, 5.74) is 4.10. The summed E-state index contributed by atoms with van der Waals surface area (Å²) >= 11 is 9.13. The van der Waals surface area contributed by atoms with Crippen molar-refractivity contribution in [1.29, 1.82) is 0 Å². The summed E-state index contributed by atoms with van der Waals surface area (Å²) in [5.74, 6) is -0.398. The first-order valence-corrected chi connectivity index (χ1v) is 9.36. The zero-order valence-electron chi connectivity index (χ0n) is 14.4. The number of hydrogen-bond acceptors (Lipinski definition) is 4. The Morgan fingerprint density at radius 3 is 2.32 bits per heavy atom. The van der Waals surface area contributed by atoms with Crippen LogP contribution in [0.4, 0.5) is 0 Å². The Hall–Kier alpha value is -2.96. The Balaban J connectivity index is 1.57. The van der Waals surface area contributed by atoms with Gasteiger partial charge in [-0.1, -0.05) is 23.7 Å². The Morgan fingerprint density at radius 2 is 1.64 bits per heavy atom. The molecule has 0 saturated carbocycles. The van der Waals surface area contributed by atoms with Gasteiger partial charge in [0.25, 0.3) is 5.91 Å². The van der Waals surface area contributed by atoms with Crippen LogP contribution in [0.15, 0.2) is 82.4 Å². The average molecular weight is 458 g/mol. The molecule has 0 bridgehead atoms. The highest BCUT2D eigenvalue weighted by atomic mass is 79.9. The van der Waals surface area contributed by atoms with Crippen LogP contribution in [-0.4, -0.2) is 18.1 Å². The predicted octanol–water partition coefficient (Wildman–Crippen LogP) is 5.09. The molecule has 0 aromatic heterocycles. The Labute approximate surface area is 175 Å². The molecule has 0 heterocycles. The van der Waals surface area contributed by atoms with E-state index in [1.54, 1.807) is 66.7 Å². The number of carbonyl (C=O) groups excluding carboxylic acids is 2.